The second kappa shape index (κ2) is 9.23. The van der Waals surface area contributed by atoms with Crippen LogP contribution in [0.3, 0.4) is 0 Å². The molecule has 2 heterocycles. The van der Waals surface area contributed by atoms with E-state index in [1.165, 1.54) is 43.8 Å². The van der Waals surface area contributed by atoms with Crippen molar-refractivity contribution >= 4 is 32.6 Å². The third-order valence-electron chi connectivity index (χ3n) is 9.41. The van der Waals surface area contributed by atoms with E-state index in [-0.39, 0.29) is 5.41 Å². The fourth-order valence-electron chi connectivity index (χ4n) is 7.23. The average molecular weight is 564 g/mol. The molecule has 0 bridgehead atoms. The first kappa shape index (κ1) is 25.0. The van der Waals surface area contributed by atoms with Gasteiger partial charge in [-0.05, 0) is 57.3 Å². The van der Waals surface area contributed by atoms with Gasteiger partial charge in [-0.3, -0.25) is 4.57 Å². The molecule has 0 atom stereocenters. The number of fused-ring (bicyclic) bond motifs is 8. The van der Waals surface area contributed by atoms with Crippen molar-refractivity contribution in [2.75, 3.05) is 0 Å². The number of para-hydroxylation sites is 1. The van der Waals surface area contributed by atoms with Crippen LogP contribution in [0.1, 0.15) is 25.0 Å². The molecule has 0 N–H and O–H groups in total. The summed E-state index contributed by atoms with van der Waals surface area (Å²) in [6.45, 7) is 4.70. The molecule has 1 aliphatic carbocycles. The summed E-state index contributed by atoms with van der Waals surface area (Å²) in [6.07, 6.45) is 0. The van der Waals surface area contributed by atoms with Crippen LogP contribution in [0.15, 0.2) is 140 Å². The molecule has 6 aromatic carbocycles. The first-order chi connectivity index (χ1) is 21.6. The number of nitrogens with zero attached hydrogens (tertiary/aromatic N) is 3. The van der Waals surface area contributed by atoms with Crippen LogP contribution in [0.25, 0.3) is 72.2 Å². The van der Waals surface area contributed by atoms with E-state index in [9.17, 15) is 0 Å². The maximum Gasteiger partial charge on any atom is 0.235 e. The Hall–Kier alpha value is -5.54. The predicted molar refractivity (Wildman–Crippen MR) is 182 cm³/mol. The summed E-state index contributed by atoms with van der Waals surface area (Å²) >= 11 is 0. The minimum absolute atomic E-state index is 0.147. The second-order valence-corrected chi connectivity index (χ2v) is 12.3. The molecule has 0 saturated carbocycles. The largest absolute Gasteiger partial charge is 0.278 e. The molecule has 8 aromatic rings. The molecule has 3 nitrogen and oxygen atoms in total. The van der Waals surface area contributed by atoms with Crippen molar-refractivity contribution in [2.45, 2.75) is 19.3 Å². The fraction of sp³-hybridized carbons (Fsp3) is 0.0732. The highest BCUT2D eigenvalue weighted by Gasteiger charge is 2.37. The van der Waals surface area contributed by atoms with Gasteiger partial charge < -0.3 is 0 Å². The Morgan fingerprint density at radius 3 is 1.82 bits per heavy atom. The topological polar surface area (TPSA) is 30.7 Å². The molecule has 2 aromatic heterocycles. The lowest BCUT2D eigenvalue weighted by molar-refractivity contribution is 0.661. The minimum Gasteiger partial charge on any atom is -0.278 e. The van der Waals surface area contributed by atoms with E-state index in [0.717, 1.165) is 33.5 Å². The van der Waals surface area contributed by atoms with Gasteiger partial charge in [0.15, 0.2) is 0 Å². The maximum absolute atomic E-state index is 5.23. The average Bonchev–Trinajstić information content (AvgIpc) is 3.52. The summed E-state index contributed by atoms with van der Waals surface area (Å²) in [5.74, 6) is 0.676. The first-order valence-corrected chi connectivity index (χ1v) is 15.2. The van der Waals surface area contributed by atoms with Gasteiger partial charge in [-0.2, -0.15) is 0 Å². The summed E-state index contributed by atoms with van der Waals surface area (Å²) in [4.78, 5) is 10.5. The number of hydrogen-bond donors (Lipinski definition) is 0. The molecule has 3 heteroatoms. The highest BCUT2D eigenvalue weighted by atomic mass is 15.2. The van der Waals surface area contributed by atoms with Crippen LogP contribution in [0.2, 0.25) is 0 Å². The van der Waals surface area contributed by atoms with Gasteiger partial charge in [0.2, 0.25) is 5.95 Å². The van der Waals surface area contributed by atoms with Crippen molar-refractivity contribution in [1.82, 2.24) is 14.5 Å². The van der Waals surface area contributed by atoms with E-state index in [2.05, 4.69) is 146 Å². The quantitative estimate of drug-likeness (QED) is 0.214. The van der Waals surface area contributed by atoms with E-state index in [1.54, 1.807) is 0 Å². The van der Waals surface area contributed by atoms with Crippen molar-refractivity contribution in [3.8, 4) is 39.6 Å². The van der Waals surface area contributed by atoms with Gasteiger partial charge >= 0.3 is 0 Å². The molecule has 9 rings (SSSR count). The van der Waals surface area contributed by atoms with Gasteiger partial charge in [0, 0.05) is 27.3 Å². The van der Waals surface area contributed by atoms with Crippen molar-refractivity contribution in [1.29, 1.82) is 0 Å². The Bertz CT molecular complexity index is 2340. The van der Waals surface area contributed by atoms with Gasteiger partial charge in [0.1, 0.15) is 0 Å². The molecule has 208 valence electrons. The molecule has 0 fully saturated rings. The number of hydrogen-bond acceptors (Lipinski definition) is 2. The smallest absolute Gasteiger partial charge is 0.235 e. The SMILES string of the molecule is CC1(C)c2cc3c(cc2-c2c1ccc1ccccc21)c1ccccc1n3-c1nc(-c2ccccc2)cc(-c2ccccc2)n1. The number of benzene rings is 6. The van der Waals surface area contributed by atoms with Gasteiger partial charge in [0.25, 0.3) is 0 Å². The van der Waals surface area contributed by atoms with E-state index in [0.29, 0.717) is 5.95 Å². The van der Waals surface area contributed by atoms with Gasteiger partial charge in [0.05, 0.1) is 22.4 Å². The van der Waals surface area contributed by atoms with Crippen LogP contribution in [-0.2, 0) is 5.41 Å². The Balaban J connectivity index is 1.37. The summed E-state index contributed by atoms with van der Waals surface area (Å²) in [5, 5.41) is 5.00. The van der Waals surface area contributed by atoms with Crippen LogP contribution in [0.4, 0.5) is 0 Å². The van der Waals surface area contributed by atoms with Crippen LogP contribution in [0.5, 0.6) is 0 Å². The minimum atomic E-state index is -0.147. The molecular weight excluding hydrogens is 534 g/mol. The zero-order chi connectivity index (χ0) is 29.4. The van der Waals surface area contributed by atoms with E-state index < -0.39 is 0 Å². The number of aromatic nitrogens is 3. The van der Waals surface area contributed by atoms with Crippen molar-refractivity contribution < 1.29 is 0 Å². The molecule has 44 heavy (non-hydrogen) atoms. The van der Waals surface area contributed by atoms with Crippen molar-refractivity contribution in [3.05, 3.63) is 151 Å². The number of rotatable bonds is 3. The molecule has 0 saturated heterocycles. The summed E-state index contributed by atoms with van der Waals surface area (Å²) < 4.78 is 2.26. The summed E-state index contributed by atoms with van der Waals surface area (Å²) in [7, 11) is 0. The lowest BCUT2D eigenvalue weighted by Gasteiger charge is -2.22. The Morgan fingerprint density at radius 1 is 0.500 bits per heavy atom. The third kappa shape index (κ3) is 3.56. The van der Waals surface area contributed by atoms with Crippen molar-refractivity contribution in [2.24, 2.45) is 0 Å². The lowest BCUT2D eigenvalue weighted by atomic mass is 9.82. The standard InChI is InChI=1S/C41H29N3/c1-41(2)33-22-21-26-13-9-10-18-29(26)39(33)32-23-31-30-19-11-12-20-37(30)44(38(31)24-34(32)41)40-42-35(27-14-5-3-6-15-27)25-36(43-40)28-16-7-4-8-17-28/h3-25H,1-2H3. The Kier molecular flexibility index (Phi) is 5.24. The van der Waals surface area contributed by atoms with E-state index in [1.807, 2.05) is 12.1 Å². The highest BCUT2D eigenvalue weighted by molar-refractivity contribution is 6.13. The van der Waals surface area contributed by atoms with E-state index in [4.69, 9.17) is 9.97 Å². The molecule has 0 amide bonds. The Labute approximate surface area is 256 Å². The fourth-order valence-corrected chi connectivity index (χ4v) is 7.23. The zero-order valence-electron chi connectivity index (χ0n) is 24.6. The van der Waals surface area contributed by atoms with Crippen molar-refractivity contribution in [3.63, 3.8) is 0 Å². The third-order valence-corrected chi connectivity index (χ3v) is 9.41. The van der Waals surface area contributed by atoms with Crippen LogP contribution in [-0.4, -0.2) is 14.5 Å². The molecule has 0 spiro atoms. The maximum atomic E-state index is 5.23. The van der Waals surface area contributed by atoms with Crippen LogP contribution < -0.4 is 0 Å². The van der Waals surface area contributed by atoms with Gasteiger partial charge in [-0.15, -0.1) is 0 Å². The molecule has 1 aliphatic rings. The molecular formula is C41H29N3. The zero-order valence-corrected chi connectivity index (χ0v) is 24.6. The molecule has 0 aliphatic heterocycles. The van der Waals surface area contributed by atoms with Crippen LogP contribution in [0, 0.1) is 0 Å². The van der Waals surface area contributed by atoms with E-state index >= 15 is 0 Å². The summed E-state index contributed by atoms with van der Waals surface area (Å²) in [6, 6.07) is 49.7. The predicted octanol–water partition coefficient (Wildman–Crippen LogP) is 10.4. The van der Waals surface area contributed by atoms with Gasteiger partial charge in [-0.1, -0.05) is 129 Å². The lowest BCUT2D eigenvalue weighted by Crippen LogP contribution is -2.15. The monoisotopic (exact) mass is 563 g/mol. The first-order valence-electron chi connectivity index (χ1n) is 15.2. The molecule has 0 unspecified atom stereocenters. The molecule has 0 radical (unpaired) electrons. The normalized spacial score (nSPS) is 13.4. The van der Waals surface area contributed by atoms with Gasteiger partial charge in [-0.25, -0.2) is 9.97 Å². The van der Waals surface area contributed by atoms with Crippen LogP contribution >= 0.6 is 0 Å². The second-order valence-electron chi connectivity index (χ2n) is 12.3. The highest BCUT2D eigenvalue weighted by Crippen LogP contribution is 2.53. The summed E-state index contributed by atoms with van der Waals surface area (Å²) in [5.41, 5.74) is 11.4. The Morgan fingerprint density at radius 2 is 1.11 bits per heavy atom.